The smallest absolute Gasteiger partial charge is 0.181 e. The largest absolute Gasteiger partial charge is 0.303 e. The van der Waals surface area contributed by atoms with Crippen LogP contribution in [0.1, 0.15) is 29.5 Å². The fourth-order valence-corrected chi connectivity index (χ4v) is 3.68. The summed E-state index contributed by atoms with van der Waals surface area (Å²) in [4.78, 5) is 4.45. The van der Waals surface area contributed by atoms with Crippen LogP contribution in [0.5, 0.6) is 0 Å². The number of aromatic amines is 1. The van der Waals surface area contributed by atoms with E-state index in [0.717, 1.165) is 51.8 Å². The third-order valence-electron chi connectivity index (χ3n) is 4.83. The molecule has 1 aromatic carbocycles. The molecule has 6 nitrogen and oxygen atoms in total. The molecule has 1 unspecified atom stereocenters. The quantitative estimate of drug-likeness (QED) is 0.598. The van der Waals surface area contributed by atoms with Gasteiger partial charge in [0.1, 0.15) is 5.82 Å². The van der Waals surface area contributed by atoms with Crippen LogP contribution in [0.25, 0.3) is 22.4 Å². The minimum atomic E-state index is 0.221. The fourth-order valence-electron chi connectivity index (χ4n) is 3.56. The highest BCUT2D eigenvalue weighted by Crippen LogP contribution is 2.36. The first-order valence-corrected chi connectivity index (χ1v) is 8.59. The molecule has 124 valence electrons. The Labute approximate surface area is 148 Å². The molecule has 0 fully saturated rings. The zero-order valence-electron chi connectivity index (χ0n) is 13.6. The molecule has 1 N–H and O–H groups in total. The van der Waals surface area contributed by atoms with Crippen molar-refractivity contribution in [3.05, 3.63) is 58.6 Å². The van der Waals surface area contributed by atoms with Crippen molar-refractivity contribution in [2.24, 2.45) is 0 Å². The molecule has 1 aliphatic rings. The van der Waals surface area contributed by atoms with Gasteiger partial charge in [0.25, 0.3) is 0 Å². The van der Waals surface area contributed by atoms with Crippen molar-refractivity contribution < 1.29 is 0 Å². The molecule has 3 aromatic heterocycles. The van der Waals surface area contributed by atoms with Crippen LogP contribution in [0.3, 0.4) is 0 Å². The summed E-state index contributed by atoms with van der Waals surface area (Å²) in [6.07, 6.45) is 3.75. The number of benzene rings is 1. The second-order valence-corrected chi connectivity index (χ2v) is 6.80. The maximum absolute atomic E-state index is 6.04. The van der Waals surface area contributed by atoms with Crippen molar-refractivity contribution in [3.63, 3.8) is 0 Å². The lowest BCUT2D eigenvalue weighted by molar-refractivity contribution is 0.622. The molecule has 0 spiro atoms. The van der Waals surface area contributed by atoms with Gasteiger partial charge in [0.05, 0.1) is 6.04 Å². The highest BCUT2D eigenvalue weighted by Gasteiger charge is 2.29. The minimum Gasteiger partial charge on any atom is -0.303 e. The van der Waals surface area contributed by atoms with E-state index in [1.807, 2.05) is 25.3 Å². The molecule has 1 aliphatic heterocycles. The summed E-state index contributed by atoms with van der Waals surface area (Å²) >= 11 is 6.04. The van der Waals surface area contributed by atoms with Crippen LogP contribution < -0.4 is 0 Å². The van der Waals surface area contributed by atoms with Crippen LogP contribution in [0.2, 0.25) is 5.02 Å². The van der Waals surface area contributed by atoms with Gasteiger partial charge in [-0.25, -0.2) is 4.98 Å². The van der Waals surface area contributed by atoms with E-state index in [2.05, 4.69) is 48.1 Å². The standard InChI is InChI=1S/C18H15ClN6/c1-10-14-8-12(9-20-17(14)23-21-10)18-24-22-16-7-6-15(25(16)18)11-2-4-13(19)5-3-11/h2-5,8-9,15H,6-7H2,1H3,(H,20,21,23). The highest BCUT2D eigenvalue weighted by molar-refractivity contribution is 6.30. The van der Waals surface area contributed by atoms with E-state index >= 15 is 0 Å². The number of rotatable bonds is 2. The number of nitrogens with one attached hydrogen (secondary N) is 1. The average molecular weight is 351 g/mol. The molecule has 0 saturated heterocycles. The van der Waals surface area contributed by atoms with Crippen molar-refractivity contribution in [1.29, 1.82) is 0 Å². The first-order chi connectivity index (χ1) is 12.2. The molecule has 1 atom stereocenters. The van der Waals surface area contributed by atoms with Crippen LogP contribution in [-0.4, -0.2) is 29.9 Å². The number of fused-ring (bicyclic) bond motifs is 2. The van der Waals surface area contributed by atoms with Gasteiger partial charge in [0.15, 0.2) is 11.5 Å². The normalized spacial score (nSPS) is 16.5. The first-order valence-electron chi connectivity index (χ1n) is 8.21. The Bertz CT molecular complexity index is 1080. The summed E-state index contributed by atoms with van der Waals surface area (Å²) in [5, 5.41) is 17.8. The van der Waals surface area contributed by atoms with E-state index in [-0.39, 0.29) is 6.04 Å². The van der Waals surface area contributed by atoms with Crippen molar-refractivity contribution in [2.75, 3.05) is 0 Å². The Morgan fingerprint density at radius 1 is 1.20 bits per heavy atom. The summed E-state index contributed by atoms with van der Waals surface area (Å²) in [5.41, 5.74) is 3.89. The lowest BCUT2D eigenvalue weighted by Gasteiger charge is -2.16. The third kappa shape index (κ3) is 2.25. The molecule has 25 heavy (non-hydrogen) atoms. The molecule has 0 radical (unpaired) electrons. The zero-order valence-corrected chi connectivity index (χ0v) is 14.3. The molecule has 4 heterocycles. The van der Waals surface area contributed by atoms with Crippen LogP contribution in [0, 0.1) is 6.92 Å². The monoisotopic (exact) mass is 350 g/mol. The summed E-state index contributed by atoms with van der Waals surface area (Å²) < 4.78 is 2.22. The number of halogens is 1. The number of aryl methyl sites for hydroxylation is 2. The van der Waals surface area contributed by atoms with Gasteiger partial charge in [-0.05, 0) is 37.1 Å². The van der Waals surface area contributed by atoms with Crippen molar-refractivity contribution in [2.45, 2.75) is 25.8 Å². The molecular weight excluding hydrogens is 336 g/mol. The van der Waals surface area contributed by atoms with Gasteiger partial charge in [-0.15, -0.1) is 10.2 Å². The Balaban J connectivity index is 1.64. The van der Waals surface area contributed by atoms with Crippen LogP contribution in [-0.2, 0) is 6.42 Å². The predicted molar refractivity (Wildman–Crippen MR) is 95.6 cm³/mol. The van der Waals surface area contributed by atoms with Gasteiger partial charge in [-0.1, -0.05) is 23.7 Å². The van der Waals surface area contributed by atoms with Gasteiger partial charge < -0.3 is 4.57 Å². The summed E-state index contributed by atoms with van der Waals surface area (Å²) in [6.45, 7) is 1.99. The average Bonchev–Trinajstić information content (AvgIpc) is 3.31. The lowest BCUT2D eigenvalue weighted by atomic mass is 10.0. The van der Waals surface area contributed by atoms with E-state index < -0.39 is 0 Å². The van der Waals surface area contributed by atoms with Crippen molar-refractivity contribution in [3.8, 4) is 11.4 Å². The Hall–Kier alpha value is -2.73. The van der Waals surface area contributed by atoms with E-state index in [1.54, 1.807) is 0 Å². The first kappa shape index (κ1) is 14.6. The van der Waals surface area contributed by atoms with Gasteiger partial charge in [0.2, 0.25) is 0 Å². The van der Waals surface area contributed by atoms with Crippen molar-refractivity contribution in [1.82, 2.24) is 29.9 Å². The number of hydrogen-bond donors (Lipinski definition) is 1. The van der Waals surface area contributed by atoms with E-state index in [0.29, 0.717) is 0 Å². The minimum absolute atomic E-state index is 0.221. The predicted octanol–water partition coefficient (Wildman–Crippen LogP) is 3.71. The van der Waals surface area contributed by atoms with Gasteiger partial charge in [-0.2, -0.15) is 5.10 Å². The zero-order chi connectivity index (χ0) is 17.0. The number of H-pyrrole nitrogens is 1. The van der Waals surface area contributed by atoms with Crippen molar-refractivity contribution >= 4 is 22.6 Å². The molecule has 4 aromatic rings. The second kappa shape index (κ2) is 5.39. The van der Waals surface area contributed by atoms with Crippen LogP contribution in [0.4, 0.5) is 0 Å². The summed E-state index contributed by atoms with van der Waals surface area (Å²) in [6, 6.07) is 10.3. The molecule has 5 rings (SSSR count). The van der Waals surface area contributed by atoms with Gasteiger partial charge >= 0.3 is 0 Å². The Morgan fingerprint density at radius 2 is 2.04 bits per heavy atom. The number of aromatic nitrogens is 6. The van der Waals surface area contributed by atoms with E-state index in [9.17, 15) is 0 Å². The fraction of sp³-hybridized carbons (Fsp3) is 0.222. The van der Waals surface area contributed by atoms with Gasteiger partial charge in [-0.3, -0.25) is 5.10 Å². The molecule has 0 bridgehead atoms. The Kier molecular flexibility index (Phi) is 3.15. The van der Waals surface area contributed by atoms with E-state index in [4.69, 9.17) is 11.6 Å². The van der Waals surface area contributed by atoms with E-state index in [1.165, 1.54) is 5.56 Å². The Morgan fingerprint density at radius 3 is 2.88 bits per heavy atom. The second-order valence-electron chi connectivity index (χ2n) is 6.36. The molecule has 0 saturated carbocycles. The molecule has 0 aliphatic carbocycles. The van der Waals surface area contributed by atoms with Crippen LogP contribution in [0.15, 0.2) is 36.5 Å². The lowest BCUT2D eigenvalue weighted by Crippen LogP contribution is -2.07. The SMILES string of the molecule is Cc1[nH]nc2ncc(-c3nnc4n3C(c3ccc(Cl)cc3)CC4)cc12. The van der Waals surface area contributed by atoms with Crippen LogP contribution >= 0.6 is 11.6 Å². The molecule has 7 heteroatoms. The number of nitrogens with zero attached hydrogens (tertiary/aromatic N) is 5. The maximum Gasteiger partial charge on any atom is 0.181 e. The molecule has 0 amide bonds. The number of pyridine rings is 1. The third-order valence-corrected chi connectivity index (χ3v) is 5.08. The maximum atomic E-state index is 6.04. The summed E-state index contributed by atoms with van der Waals surface area (Å²) in [5.74, 6) is 1.86. The molecular formula is C18H15ClN6. The van der Waals surface area contributed by atoms with Gasteiger partial charge in [0, 0.05) is 34.3 Å². The summed E-state index contributed by atoms with van der Waals surface area (Å²) in [7, 11) is 0. The highest BCUT2D eigenvalue weighted by atomic mass is 35.5. The number of hydrogen-bond acceptors (Lipinski definition) is 4. The topological polar surface area (TPSA) is 72.3 Å².